The van der Waals surface area contributed by atoms with E-state index in [0.717, 1.165) is 19.0 Å². The van der Waals surface area contributed by atoms with Crippen LogP contribution in [0.25, 0.3) is 0 Å². The van der Waals surface area contributed by atoms with Crippen LogP contribution in [-0.4, -0.2) is 58.0 Å². The lowest BCUT2D eigenvalue weighted by Gasteiger charge is -2.28. The molecule has 3 rings (SSSR count). The first-order valence-electron chi connectivity index (χ1n) is 11.6. The number of rotatable bonds is 11. The molecule has 12 heteroatoms. The Kier molecular flexibility index (Phi) is 9.14. The van der Waals surface area contributed by atoms with E-state index in [1.165, 1.54) is 20.4 Å². The van der Waals surface area contributed by atoms with E-state index in [2.05, 4.69) is 26.1 Å². The summed E-state index contributed by atoms with van der Waals surface area (Å²) in [6, 6.07) is 7.25. The third-order valence-electron chi connectivity index (χ3n) is 5.62. The van der Waals surface area contributed by atoms with Gasteiger partial charge in [0, 0.05) is 24.9 Å². The molecule has 1 atom stereocenters. The molecule has 3 N–H and O–H groups in total. The molecule has 0 spiro atoms. The molecule has 0 saturated carbocycles. The van der Waals surface area contributed by atoms with Crippen molar-refractivity contribution in [2.45, 2.75) is 26.8 Å². The van der Waals surface area contributed by atoms with Gasteiger partial charge in [0.15, 0.2) is 24.0 Å². The minimum atomic E-state index is -0.759. The largest absolute Gasteiger partial charge is 0.493 e. The Hall–Kier alpha value is -4.48. The molecule has 12 nitrogen and oxygen atoms in total. The predicted octanol–water partition coefficient (Wildman–Crippen LogP) is 2.46. The number of hydrogen-bond donors (Lipinski definition) is 3. The number of methoxy groups -OCH3 is 2. The predicted molar refractivity (Wildman–Crippen MR) is 136 cm³/mol. The van der Waals surface area contributed by atoms with Gasteiger partial charge in [-0.1, -0.05) is 6.07 Å². The summed E-state index contributed by atoms with van der Waals surface area (Å²) in [5, 5.41) is 9.17. The Bertz CT molecular complexity index is 1200. The summed E-state index contributed by atoms with van der Waals surface area (Å²) in [6.07, 6.45) is 1.40. The number of ether oxygens (including phenoxy) is 3. The van der Waals surface area contributed by atoms with Crippen LogP contribution in [0.3, 0.4) is 0 Å². The van der Waals surface area contributed by atoms with Gasteiger partial charge in [-0.05, 0) is 44.5 Å². The maximum absolute atomic E-state index is 12.3. The first-order valence-corrected chi connectivity index (χ1v) is 11.6. The van der Waals surface area contributed by atoms with Crippen LogP contribution in [0.1, 0.15) is 38.1 Å². The zero-order chi connectivity index (χ0) is 26.9. The summed E-state index contributed by atoms with van der Waals surface area (Å²) in [7, 11) is 2.70. The fourth-order valence-electron chi connectivity index (χ4n) is 3.77. The summed E-state index contributed by atoms with van der Waals surface area (Å²) in [5.41, 5.74) is 3.59. The summed E-state index contributed by atoms with van der Waals surface area (Å²) in [5.74, 6) is 0.760. The Morgan fingerprint density at radius 1 is 1.16 bits per heavy atom. The number of carbonyl (C=O) groups is 3. The molecular formula is C25H31N5O7. The first-order chi connectivity index (χ1) is 17.8. The van der Waals surface area contributed by atoms with E-state index in [4.69, 9.17) is 18.6 Å². The van der Waals surface area contributed by atoms with Crippen molar-refractivity contribution in [2.24, 2.45) is 5.10 Å². The van der Waals surface area contributed by atoms with Gasteiger partial charge >= 0.3 is 12.0 Å². The molecule has 37 heavy (non-hydrogen) atoms. The number of nitrogens with one attached hydrogen (secondary N) is 3. The highest BCUT2D eigenvalue weighted by molar-refractivity contribution is 5.95. The van der Waals surface area contributed by atoms with Crippen molar-refractivity contribution in [2.75, 3.05) is 38.8 Å². The van der Waals surface area contributed by atoms with E-state index >= 15 is 0 Å². The van der Waals surface area contributed by atoms with Gasteiger partial charge in [-0.25, -0.2) is 15.0 Å². The molecule has 1 aliphatic heterocycles. The normalized spacial score (nSPS) is 15.2. The van der Waals surface area contributed by atoms with Crippen LogP contribution in [0.4, 0.5) is 10.7 Å². The Morgan fingerprint density at radius 2 is 1.92 bits per heavy atom. The lowest BCUT2D eigenvalue weighted by atomic mass is 9.95. The quantitative estimate of drug-likeness (QED) is 0.236. The summed E-state index contributed by atoms with van der Waals surface area (Å²) < 4.78 is 21.5. The second-order valence-electron chi connectivity index (χ2n) is 7.90. The number of benzene rings is 1. The van der Waals surface area contributed by atoms with E-state index in [-0.39, 0.29) is 12.2 Å². The van der Waals surface area contributed by atoms with Crippen molar-refractivity contribution in [1.29, 1.82) is 0 Å². The minimum Gasteiger partial charge on any atom is -0.493 e. The average Bonchev–Trinajstić information content (AvgIpc) is 3.35. The fraction of sp³-hybridized carbons (Fsp3) is 0.360. The second kappa shape index (κ2) is 12.5. The number of nitrogens with zero attached hydrogens (tertiary/aromatic N) is 2. The number of urea groups is 1. The maximum Gasteiger partial charge on any atom is 0.337 e. The Labute approximate surface area is 214 Å². The molecular weight excluding hydrogens is 482 g/mol. The van der Waals surface area contributed by atoms with Gasteiger partial charge in [0.25, 0.3) is 5.91 Å². The Balaban J connectivity index is 1.64. The summed E-state index contributed by atoms with van der Waals surface area (Å²) >= 11 is 0. The van der Waals surface area contributed by atoms with Crippen LogP contribution in [0.2, 0.25) is 0 Å². The SMILES string of the molecule is CCN(CC)c1ccc(/C=N\NC(=O)COc2ccc([C@H]3NC(=O)NC(C)=C3C(=O)OC)cc2OC)o1. The maximum atomic E-state index is 12.3. The molecule has 198 valence electrons. The summed E-state index contributed by atoms with van der Waals surface area (Å²) in [4.78, 5) is 38.6. The van der Waals surface area contributed by atoms with Crippen LogP contribution in [-0.2, 0) is 14.3 Å². The number of carbonyl (C=O) groups excluding carboxylic acids is 3. The fourth-order valence-corrected chi connectivity index (χ4v) is 3.77. The van der Waals surface area contributed by atoms with E-state index in [9.17, 15) is 14.4 Å². The molecule has 1 aliphatic rings. The van der Waals surface area contributed by atoms with Crippen LogP contribution >= 0.6 is 0 Å². The molecule has 0 unspecified atom stereocenters. The molecule has 0 aliphatic carbocycles. The number of amides is 3. The van der Waals surface area contributed by atoms with Crippen LogP contribution in [0.15, 0.2) is 51.1 Å². The summed E-state index contributed by atoms with van der Waals surface area (Å²) in [6.45, 7) is 6.98. The number of esters is 1. The number of allylic oxidation sites excluding steroid dienone is 1. The van der Waals surface area contributed by atoms with Gasteiger partial charge < -0.3 is 34.2 Å². The van der Waals surface area contributed by atoms with Crippen LogP contribution < -0.4 is 30.4 Å². The van der Waals surface area contributed by atoms with E-state index in [0.29, 0.717) is 28.5 Å². The van der Waals surface area contributed by atoms with Crippen molar-refractivity contribution in [3.05, 3.63) is 52.9 Å². The molecule has 0 bridgehead atoms. The number of anilines is 1. The number of furan rings is 1. The molecule has 0 fully saturated rings. The average molecular weight is 514 g/mol. The number of hydrazone groups is 1. The molecule has 0 saturated heterocycles. The lowest BCUT2D eigenvalue weighted by Crippen LogP contribution is -2.45. The van der Waals surface area contributed by atoms with Gasteiger partial charge in [0.2, 0.25) is 0 Å². The van der Waals surface area contributed by atoms with E-state index in [1.807, 2.05) is 19.9 Å². The third-order valence-corrected chi connectivity index (χ3v) is 5.62. The van der Waals surface area contributed by atoms with E-state index < -0.39 is 23.9 Å². The second-order valence-corrected chi connectivity index (χ2v) is 7.90. The van der Waals surface area contributed by atoms with Crippen LogP contribution in [0, 0.1) is 0 Å². The van der Waals surface area contributed by atoms with Crippen molar-refractivity contribution >= 4 is 30.0 Å². The van der Waals surface area contributed by atoms with Crippen molar-refractivity contribution in [1.82, 2.24) is 16.1 Å². The molecule has 2 aromatic rings. The molecule has 1 aromatic carbocycles. The first kappa shape index (κ1) is 27.1. The van der Waals surface area contributed by atoms with Crippen molar-refractivity contribution < 1.29 is 33.0 Å². The zero-order valence-corrected chi connectivity index (χ0v) is 21.4. The smallest absolute Gasteiger partial charge is 0.337 e. The van der Waals surface area contributed by atoms with Crippen LogP contribution in [0.5, 0.6) is 11.5 Å². The highest BCUT2D eigenvalue weighted by Gasteiger charge is 2.32. The van der Waals surface area contributed by atoms with Crippen molar-refractivity contribution in [3.63, 3.8) is 0 Å². The van der Waals surface area contributed by atoms with Gasteiger partial charge in [0.05, 0.1) is 32.0 Å². The topological polar surface area (TPSA) is 144 Å². The van der Waals surface area contributed by atoms with Crippen molar-refractivity contribution in [3.8, 4) is 11.5 Å². The van der Waals surface area contributed by atoms with E-state index in [1.54, 1.807) is 31.2 Å². The molecule has 0 radical (unpaired) electrons. The van der Waals surface area contributed by atoms with Gasteiger partial charge in [0.1, 0.15) is 5.76 Å². The monoisotopic (exact) mass is 513 g/mol. The molecule has 3 amide bonds. The minimum absolute atomic E-state index is 0.260. The standard InChI is InChI=1S/C25H31N5O7/c1-6-30(7-2)21-11-9-17(37-21)13-26-29-20(31)14-36-18-10-8-16(12-19(18)34-4)23-22(24(32)35-5)15(3)27-25(33)28-23/h8-13,23H,6-7,14H2,1-5H3,(H,29,31)(H2,27,28,33)/b26-13-/t23-/m1/s1. The van der Waals surface area contributed by atoms with Gasteiger partial charge in [-0.2, -0.15) is 5.10 Å². The number of hydrogen-bond acceptors (Lipinski definition) is 9. The lowest BCUT2D eigenvalue weighted by molar-refractivity contribution is -0.136. The molecule has 1 aromatic heterocycles. The highest BCUT2D eigenvalue weighted by Crippen LogP contribution is 2.34. The third kappa shape index (κ3) is 6.60. The van der Waals surface area contributed by atoms with Gasteiger partial charge in [-0.3, -0.25) is 4.79 Å². The van der Waals surface area contributed by atoms with Gasteiger partial charge in [-0.15, -0.1) is 0 Å². The highest BCUT2D eigenvalue weighted by atomic mass is 16.5. The zero-order valence-electron chi connectivity index (χ0n) is 21.4. The molecule has 2 heterocycles. The Morgan fingerprint density at radius 3 is 2.59 bits per heavy atom.